The maximum Gasteiger partial charge on any atom is 0.237 e. The minimum Gasteiger partial charge on any atom is -0.368 e. The highest BCUT2D eigenvalue weighted by Crippen LogP contribution is 2.18. The van der Waals surface area contributed by atoms with E-state index >= 15 is 0 Å². The van der Waals surface area contributed by atoms with Crippen LogP contribution in [-0.4, -0.2) is 28.0 Å². The number of carbonyl (C=O) groups is 1. The van der Waals surface area contributed by atoms with E-state index in [0.29, 0.717) is 13.0 Å². The van der Waals surface area contributed by atoms with Crippen molar-refractivity contribution in [1.29, 1.82) is 0 Å². The van der Waals surface area contributed by atoms with Crippen molar-refractivity contribution in [2.24, 2.45) is 5.73 Å². The zero-order valence-electron chi connectivity index (χ0n) is 11.6. The lowest BCUT2D eigenvalue weighted by molar-refractivity contribution is -0.123. The van der Waals surface area contributed by atoms with Gasteiger partial charge in [0.15, 0.2) is 0 Å². The van der Waals surface area contributed by atoms with Crippen LogP contribution in [0.15, 0.2) is 24.3 Å². The Morgan fingerprint density at radius 1 is 1.47 bits per heavy atom. The zero-order chi connectivity index (χ0) is 14.0. The van der Waals surface area contributed by atoms with Gasteiger partial charge in [0, 0.05) is 6.54 Å². The lowest BCUT2D eigenvalue weighted by Crippen LogP contribution is -2.52. The molecular weight excluding hydrogens is 240 g/mol. The van der Waals surface area contributed by atoms with Crippen molar-refractivity contribution < 1.29 is 4.79 Å². The number of amides is 1. The van der Waals surface area contributed by atoms with E-state index in [1.54, 1.807) is 7.05 Å². The van der Waals surface area contributed by atoms with E-state index in [2.05, 4.69) is 14.9 Å². The number of nitrogens with two attached hydrogens (primary N) is 1. The number of carbonyl (C=O) groups excluding carboxylic acids is 1. The molecule has 2 rings (SSSR count). The Kier molecular flexibility index (Phi) is 3.57. The molecule has 5 heteroatoms. The number of primary amides is 1. The van der Waals surface area contributed by atoms with Gasteiger partial charge in [-0.05, 0) is 39.4 Å². The fraction of sp³-hybridized carbons (Fsp3) is 0.429. The summed E-state index contributed by atoms with van der Waals surface area (Å²) < 4.78 is 2.12. The largest absolute Gasteiger partial charge is 0.368 e. The molecule has 0 spiro atoms. The third-order valence-electron chi connectivity index (χ3n) is 3.78. The molecule has 0 bridgehead atoms. The van der Waals surface area contributed by atoms with Crippen LogP contribution in [0.3, 0.4) is 0 Å². The van der Waals surface area contributed by atoms with E-state index in [0.717, 1.165) is 16.9 Å². The number of rotatable bonds is 5. The summed E-state index contributed by atoms with van der Waals surface area (Å²) in [5.74, 6) is 0.612. The van der Waals surface area contributed by atoms with E-state index in [9.17, 15) is 4.79 Å². The van der Waals surface area contributed by atoms with Crippen LogP contribution < -0.4 is 11.1 Å². The number of imidazole rings is 1. The summed E-state index contributed by atoms with van der Waals surface area (Å²) in [5, 5.41) is 3.00. The molecule has 1 unspecified atom stereocenters. The summed E-state index contributed by atoms with van der Waals surface area (Å²) in [5.41, 5.74) is 6.81. The van der Waals surface area contributed by atoms with Gasteiger partial charge in [0.2, 0.25) is 5.91 Å². The Bertz CT molecular complexity index is 605. The van der Waals surface area contributed by atoms with Crippen LogP contribution in [0, 0.1) is 6.92 Å². The first-order valence-corrected chi connectivity index (χ1v) is 6.38. The van der Waals surface area contributed by atoms with Crippen LogP contribution in [-0.2, 0) is 11.3 Å². The number of benzene rings is 1. The van der Waals surface area contributed by atoms with Crippen molar-refractivity contribution in [2.75, 3.05) is 7.05 Å². The Balaban J connectivity index is 2.27. The molecule has 102 valence electrons. The van der Waals surface area contributed by atoms with Gasteiger partial charge in [-0.1, -0.05) is 12.1 Å². The molecule has 2 aromatic rings. The molecule has 1 heterocycles. The number of nitrogens with zero attached hydrogens (tertiary/aromatic N) is 2. The monoisotopic (exact) mass is 260 g/mol. The second kappa shape index (κ2) is 5.01. The first-order chi connectivity index (χ1) is 8.98. The maximum absolute atomic E-state index is 11.5. The van der Waals surface area contributed by atoms with Crippen LogP contribution in [0.1, 0.15) is 19.2 Å². The zero-order valence-corrected chi connectivity index (χ0v) is 11.6. The van der Waals surface area contributed by atoms with Gasteiger partial charge in [0.25, 0.3) is 0 Å². The fourth-order valence-corrected chi connectivity index (χ4v) is 2.19. The van der Waals surface area contributed by atoms with Crippen LogP contribution >= 0.6 is 0 Å². The van der Waals surface area contributed by atoms with Crippen molar-refractivity contribution in [1.82, 2.24) is 14.9 Å². The first kappa shape index (κ1) is 13.5. The standard InChI is InChI=1S/C14H20N4O/c1-10-17-11-6-4-5-7-12(11)18(10)9-8-14(2,16-3)13(15)19/h4-7,16H,8-9H2,1-3H3,(H2,15,19). The van der Waals surface area contributed by atoms with Gasteiger partial charge in [0.1, 0.15) is 5.82 Å². The normalized spacial score (nSPS) is 14.5. The molecule has 0 aliphatic heterocycles. The van der Waals surface area contributed by atoms with Gasteiger partial charge in [-0.25, -0.2) is 4.98 Å². The summed E-state index contributed by atoms with van der Waals surface area (Å²) in [6.07, 6.45) is 0.625. The highest BCUT2D eigenvalue weighted by atomic mass is 16.1. The highest BCUT2D eigenvalue weighted by Gasteiger charge is 2.28. The average molecular weight is 260 g/mol. The Hall–Kier alpha value is -1.88. The molecule has 5 nitrogen and oxygen atoms in total. The molecular formula is C14H20N4O. The molecule has 1 atom stereocenters. The third kappa shape index (κ3) is 2.46. The van der Waals surface area contributed by atoms with Crippen molar-refractivity contribution in [2.45, 2.75) is 32.4 Å². The van der Waals surface area contributed by atoms with Gasteiger partial charge >= 0.3 is 0 Å². The topological polar surface area (TPSA) is 72.9 Å². The predicted octanol–water partition coefficient (Wildman–Crippen LogP) is 1.20. The van der Waals surface area contributed by atoms with Gasteiger partial charge in [0.05, 0.1) is 16.6 Å². The lowest BCUT2D eigenvalue weighted by atomic mass is 9.97. The van der Waals surface area contributed by atoms with Crippen LogP contribution in [0.4, 0.5) is 0 Å². The summed E-state index contributed by atoms with van der Waals surface area (Å²) in [6.45, 7) is 4.50. The van der Waals surface area contributed by atoms with Crippen molar-refractivity contribution in [3.8, 4) is 0 Å². The smallest absolute Gasteiger partial charge is 0.237 e. The average Bonchev–Trinajstić information content (AvgIpc) is 2.71. The first-order valence-electron chi connectivity index (χ1n) is 6.38. The molecule has 0 aliphatic carbocycles. The molecule has 19 heavy (non-hydrogen) atoms. The summed E-state index contributed by atoms with van der Waals surface area (Å²) in [4.78, 5) is 16.0. The number of hydrogen-bond acceptors (Lipinski definition) is 3. The number of fused-ring (bicyclic) bond motifs is 1. The highest BCUT2D eigenvalue weighted by molar-refractivity contribution is 5.84. The van der Waals surface area contributed by atoms with E-state index in [1.807, 2.05) is 38.1 Å². The molecule has 3 N–H and O–H groups in total. The SMILES string of the molecule is CNC(C)(CCn1c(C)nc2ccccc21)C(N)=O. The number of nitrogens with one attached hydrogen (secondary N) is 1. The van der Waals surface area contributed by atoms with Gasteiger partial charge < -0.3 is 15.6 Å². The Labute approximate surface area is 112 Å². The van der Waals surface area contributed by atoms with Crippen LogP contribution in [0.25, 0.3) is 11.0 Å². The van der Waals surface area contributed by atoms with Crippen LogP contribution in [0.5, 0.6) is 0 Å². The third-order valence-corrected chi connectivity index (χ3v) is 3.78. The lowest BCUT2D eigenvalue weighted by Gasteiger charge is -2.25. The summed E-state index contributed by atoms with van der Waals surface area (Å²) >= 11 is 0. The van der Waals surface area contributed by atoms with Crippen molar-refractivity contribution in [3.63, 3.8) is 0 Å². The van der Waals surface area contributed by atoms with E-state index in [4.69, 9.17) is 5.73 Å². The van der Waals surface area contributed by atoms with Crippen molar-refractivity contribution in [3.05, 3.63) is 30.1 Å². The van der Waals surface area contributed by atoms with E-state index in [1.165, 1.54) is 0 Å². The molecule has 0 radical (unpaired) electrons. The van der Waals surface area contributed by atoms with Crippen LogP contribution in [0.2, 0.25) is 0 Å². The Morgan fingerprint density at radius 3 is 2.79 bits per heavy atom. The fourth-order valence-electron chi connectivity index (χ4n) is 2.19. The van der Waals surface area contributed by atoms with Gasteiger partial charge in [-0.3, -0.25) is 4.79 Å². The van der Waals surface area contributed by atoms with Gasteiger partial charge in [-0.15, -0.1) is 0 Å². The molecule has 0 saturated heterocycles. The Morgan fingerprint density at radius 2 is 2.16 bits per heavy atom. The number of hydrogen-bond donors (Lipinski definition) is 2. The maximum atomic E-state index is 11.5. The molecule has 1 amide bonds. The van der Waals surface area contributed by atoms with E-state index < -0.39 is 5.54 Å². The predicted molar refractivity (Wildman–Crippen MR) is 75.7 cm³/mol. The number of aryl methyl sites for hydroxylation is 2. The van der Waals surface area contributed by atoms with Crippen molar-refractivity contribution >= 4 is 16.9 Å². The summed E-state index contributed by atoms with van der Waals surface area (Å²) in [7, 11) is 1.75. The molecule has 0 aliphatic rings. The number of para-hydroxylation sites is 2. The summed E-state index contributed by atoms with van der Waals surface area (Å²) in [6, 6.07) is 7.99. The minimum atomic E-state index is -0.697. The van der Waals surface area contributed by atoms with E-state index in [-0.39, 0.29) is 5.91 Å². The minimum absolute atomic E-state index is 0.336. The second-order valence-corrected chi connectivity index (χ2v) is 5.00. The molecule has 1 aromatic heterocycles. The molecule has 1 aromatic carbocycles. The second-order valence-electron chi connectivity index (χ2n) is 5.00. The quantitative estimate of drug-likeness (QED) is 0.848. The molecule has 0 saturated carbocycles. The molecule has 0 fully saturated rings. The number of likely N-dealkylation sites (N-methyl/N-ethyl adjacent to an activating group) is 1. The van der Waals surface area contributed by atoms with Gasteiger partial charge in [-0.2, -0.15) is 0 Å². The number of aromatic nitrogens is 2.